The van der Waals surface area contributed by atoms with E-state index in [-0.39, 0.29) is 28.3 Å². The molecule has 0 bridgehead atoms. The Morgan fingerprint density at radius 1 is 1.22 bits per heavy atom. The number of hydrogen-bond acceptors (Lipinski definition) is 4. The SMILES string of the molecule is CCCCNC(=O)O[C@]1(C(C)=O)C(C)C[C@H]2[C@@H]3CCC4=CC(=O)C=C[C@]4(C)[C@H]3CC[C@@]21C. The minimum absolute atomic E-state index is 0.0149. The van der Waals surface area contributed by atoms with E-state index in [0.29, 0.717) is 24.3 Å². The Bertz CT molecular complexity index is 875. The molecule has 0 aromatic rings. The first-order valence-electron chi connectivity index (χ1n) is 12.5. The highest BCUT2D eigenvalue weighted by molar-refractivity contribution is 6.01. The number of carbonyl (C=O) groups excluding carboxylic acids is 3. The summed E-state index contributed by atoms with van der Waals surface area (Å²) < 4.78 is 6.15. The second-order valence-electron chi connectivity index (χ2n) is 11.2. The van der Waals surface area contributed by atoms with E-state index in [9.17, 15) is 14.4 Å². The summed E-state index contributed by atoms with van der Waals surface area (Å²) >= 11 is 0. The molecule has 0 aliphatic heterocycles. The zero-order chi connectivity index (χ0) is 23.3. The largest absolute Gasteiger partial charge is 0.434 e. The van der Waals surface area contributed by atoms with E-state index in [2.05, 4.69) is 39.1 Å². The van der Waals surface area contributed by atoms with Gasteiger partial charge in [-0.15, -0.1) is 0 Å². The number of unbranched alkanes of at least 4 members (excludes halogenated alkanes) is 1. The van der Waals surface area contributed by atoms with Gasteiger partial charge in [-0.3, -0.25) is 9.59 Å². The molecular formula is C27H39NO4. The van der Waals surface area contributed by atoms with Gasteiger partial charge in [0.2, 0.25) is 0 Å². The van der Waals surface area contributed by atoms with Crippen LogP contribution in [0.3, 0.4) is 0 Å². The zero-order valence-electron chi connectivity index (χ0n) is 20.3. The lowest BCUT2D eigenvalue weighted by molar-refractivity contribution is -0.165. The average Bonchev–Trinajstić information content (AvgIpc) is 2.96. The highest BCUT2D eigenvalue weighted by Crippen LogP contribution is 2.69. The molecule has 0 spiro atoms. The standard InChI is InChI=1S/C27H39NO4/c1-6-7-14-28-24(31)32-27(18(3)29)17(2)15-23-21-9-8-19-16-20(30)10-12-25(19,4)22(21)11-13-26(23,27)5/h10,12,16-17,21-23H,6-9,11,13-15H2,1-5H3,(H,28,31)/t17?,21-,22+,23+,25+,26+,27+/m1/s1. The smallest absolute Gasteiger partial charge is 0.408 e. The van der Waals surface area contributed by atoms with Crippen molar-refractivity contribution in [1.82, 2.24) is 5.32 Å². The van der Waals surface area contributed by atoms with E-state index in [1.165, 1.54) is 5.57 Å². The highest BCUT2D eigenvalue weighted by Gasteiger charge is 2.70. The predicted octanol–water partition coefficient (Wildman–Crippen LogP) is 5.39. The van der Waals surface area contributed by atoms with Crippen molar-refractivity contribution in [1.29, 1.82) is 0 Å². The lowest BCUT2D eigenvalue weighted by atomic mass is 9.47. The fraction of sp³-hybridized carbons (Fsp3) is 0.741. The van der Waals surface area contributed by atoms with E-state index in [1.807, 2.05) is 6.08 Å². The van der Waals surface area contributed by atoms with E-state index in [4.69, 9.17) is 4.74 Å². The molecule has 3 saturated carbocycles. The first-order valence-corrected chi connectivity index (χ1v) is 12.5. The molecule has 176 valence electrons. The second-order valence-corrected chi connectivity index (χ2v) is 11.2. The lowest BCUT2D eigenvalue weighted by Crippen LogP contribution is -2.60. The van der Waals surface area contributed by atoms with Crippen molar-refractivity contribution in [3.05, 3.63) is 23.8 Å². The minimum atomic E-state index is -1.08. The van der Waals surface area contributed by atoms with Crippen LogP contribution in [0.25, 0.3) is 0 Å². The molecule has 0 radical (unpaired) electrons. The zero-order valence-corrected chi connectivity index (χ0v) is 20.3. The Hall–Kier alpha value is -1.91. The third-order valence-corrected chi connectivity index (χ3v) is 9.67. The quantitative estimate of drug-likeness (QED) is 0.580. The van der Waals surface area contributed by atoms with Gasteiger partial charge >= 0.3 is 6.09 Å². The van der Waals surface area contributed by atoms with Gasteiger partial charge in [0.25, 0.3) is 0 Å². The molecule has 1 N–H and O–H groups in total. The van der Waals surface area contributed by atoms with Gasteiger partial charge in [-0.25, -0.2) is 4.79 Å². The molecule has 5 heteroatoms. The number of allylic oxidation sites excluding steroid dienone is 4. The number of nitrogens with one attached hydrogen (secondary N) is 1. The Morgan fingerprint density at radius 2 is 1.97 bits per heavy atom. The maximum Gasteiger partial charge on any atom is 0.408 e. The van der Waals surface area contributed by atoms with Gasteiger partial charge in [0, 0.05) is 23.3 Å². The van der Waals surface area contributed by atoms with Crippen molar-refractivity contribution in [2.45, 2.75) is 85.2 Å². The number of rotatable bonds is 5. The summed E-state index contributed by atoms with van der Waals surface area (Å²) in [5, 5.41) is 2.87. The van der Waals surface area contributed by atoms with Crippen LogP contribution in [0.4, 0.5) is 4.79 Å². The van der Waals surface area contributed by atoms with Crippen LogP contribution in [0.5, 0.6) is 0 Å². The number of fused-ring (bicyclic) bond motifs is 5. The fourth-order valence-corrected chi connectivity index (χ4v) is 8.11. The van der Waals surface area contributed by atoms with Crippen molar-refractivity contribution in [2.24, 2.45) is 34.5 Å². The summed E-state index contributed by atoms with van der Waals surface area (Å²) in [7, 11) is 0. The molecule has 0 heterocycles. The number of ether oxygens (including phenoxy) is 1. The van der Waals surface area contributed by atoms with Crippen LogP contribution in [0.15, 0.2) is 23.8 Å². The topological polar surface area (TPSA) is 72.5 Å². The second kappa shape index (κ2) is 8.14. The summed E-state index contributed by atoms with van der Waals surface area (Å²) in [6, 6.07) is 0. The van der Waals surface area contributed by atoms with E-state index in [0.717, 1.165) is 44.9 Å². The van der Waals surface area contributed by atoms with Gasteiger partial charge in [-0.05, 0) is 75.4 Å². The summed E-state index contributed by atoms with van der Waals surface area (Å²) in [5.74, 6) is 1.31. The lowest BCUT2D eigenvalue weighted by Gasteiger charge is -2.58. The number of ketones is 2. The van der Waals surface area contributed by atoms with Crippen LogP contribution in [-0.4, -0.2) is 29.8 Å². The number of carbonyl (C=O) groups is 3. The van der Waals surface area contributed by atoms with E-state index >= 15 is 0 Å². The molecule has 4 aliphatic carbocycles. The Morgan fingerprint density at radius 3 is 2.66 bits per heavy atom. The first kappa shape index (κ1) is 23.3. The Kier molecular flexibility index (Phi) is 5.92. The van der Waals surface area contributed by atoms with E-state index < -0.39 is 11.7 Å². The van der Waals surface area contributed by atoms with Gasteiger partial charge in [-0.2, -0.15) is 0 Å². The van der Waals surface area contributed by atoms with Gasteiger partial charge in [0.1, 0.15) is 0 Å². The average molecular weight is 442 g/mol. The molecule has 4 rings (SSSR count). The van der Waals surface area contributed by atoms with Crippen LogP contribution in [0, 0.1) is 34.5 Å². The third kappa shape index (κ3) is 3.21. The summed E-state index contributed by atoms with van der Waals surface area (Å²) in [6.07, 6.45) is 11.9. The van der Waals surface area contributed by atoms with Gasteiger partial charge in [0.15, 0.2) is 17.2 Å². The molecule has 5 nitrogen and oxygen atoms in total. The van der Waals surface area contributed by atoms with Crippen LogP contribution in [0.1, 0.15) is 79.6 Å². The number of hydrogen-bond donors (Lipinski definition) is 1. The minimum Gasteiger partial charge on any atom is -0.434 e. The molecule has 0 aromatic carbocycles. The highest BCUT2D eigenvalue weighted by atomic mass is 16.6. The maximum atomic E-state index is 13.2. The summed E-state index contributed by atoms with van der Waals surface area (Å²) in [4.78, 5) is 38.0. The van der Waals surface area contributed by atoms with Crippen molar-refractivity contribution >= 4 is 17.7 Å². The monoisotopic (exact) mass is 441 g/mol. The summed E-state index contributed by atoms with van der Waals surface area (Å²) in [5.41, 5.74) is -0.256. The first-order chi connectivity index (χ1) is 15.1. The number of amides is 1. The fourth-order valence-electron chi connectivity index (χ4n) is 8.11. The molecule has 1 amide bonds. The van der Waals surface area contributed by atoms with Crippen molar-refractivity contribution in [3.63, 3.8) is 0 Å². The Labute approximate surface area is 192 Å². The van der Waals surface area contributed by atoms with E-state index in [1.54, 1.807) is 13.0 Å². The van der Waals surface area contributed by atoms with Crippen molar-refractivity contribution in [2.75, 3.05) is 6.54 Å². The Balaban J connectivity index is 1.65. The van der Waals surface area contributed by atoms with Crippen molar-refractivity contribution < 1.29 is 19.1 Å². The van der Waals surface area contributed by atoms with Crippen LogP contribution in [0.2, 0.25) is 0 Å². The molecule has 1 unspecified atom stereocenters. The van der Waals surface area contributed by atoms with Gasteiger partial charge in [-0.1, -0.05) is 45.8 Å². The molecule has 0 saturated heterocycles. The third-order valence-electron chi connectivity index (χ3n) is 9.67. The predicted molar refractivity (Wildman–Crippen MR) is 124 cm³/mol. The van der Waals surface area contributed by atoms with Crippen LogP contribution < -0.4 is 5.32 Å². The van der Waals surface area contributed by atoms with Gasteiger partial charge in [0.05, 0.1) is 0 Å². The maximum absolute atomic E-state index is 13.2. The molecule has 3 fully saturated rings. The normalized spacial score (nSPS) is 42.4. The molecular weight excluding hydrogens is 402 g/mol. The number of alkyl carbamates (subject to hydrolysis) is 1. The molecule has 32 heavy (non-hydrogen) atoms. The van der Waals surface area contributed by atoms with Crippen LogP contribution in [-0.2, 0) is 14.3 Å². The molecule has 4 aliphatic rings. The summed E-state index contributed by atoms with van der Waals surface area (Å²) in [6.45, 7) is 10.8. The van der Waals surface area contributed by atoms with Crippen molar-refractivity contribution in [3.8, 4) is 0 Å². The van der Waals surface area contributed by atoms with Gasteiger partial charge < -0.3 is 10.1 Å². The van der Waals surface area contributed by atoms with Crippen LogP contribution >= 0.6 is 0 Å². The molecule has 7 atom stereocenters. The molecule has 0 aromatic heterocycles. The number of Topliss-reactive ketones (excluding diaryl/α,β-unsaturated/α-hetero) is 1.